The highest BCUT2D eigenvalue weighted by Gasteiger charge is 2.14. The Labute approximate surface area is 167 Å². The monoisotopic (exact) mass is 398 g/mol. The lowest BCUT2D eigenvalue weighted by atomic mass is 10.0. The van der Waals surface area contributed by atoms with E-state index >= 15 is 0 Å². The minimum absolute atomic E-state index is 0.0445. The highest BCUT2D eigenvalue weighted by Crippen LogP contribution is 2.29. The summed E-state index contributed by atoms with van der Waals surface area (Å²) in [6, 6.07) is 13.7. The van der Waals surface area contributed by atoms with Gasteiger partial charge in [0.2, 0.25) is 5.82 Å². The molecule has 3 aromatic rings. The van der Waals surface area contributed by atoms with Crippen LogP contribution in [0.25, 0.3) is 23.3 Å². The van der Waals surface area contributed by atoms with E-state index in [4.69, 9.17) is 0 Å². The van der Waals surface area contributed by atoms with Crippen molar-refractivity contribution in [2.45, 2.75) is 25.9 Å². The van der Waals surface area contributed by atoms with Crippen LogP contribution < -0.4 is 0 Å². The first kappa shape index (κ1) is 20.7. The maximum absolute atomic E-state index is 14.3. The summed E-state index contributed by atoms with van der Waals surface area (Å²) in [5.41, 5.74) is 2.19. The van der Waals surface area contributed by atoms with E-state index in [2.05, 4.69) is 0 Å². The van der Waals surface area contributed by atoms with Gasteiger partial charge in [0.1, 0.15) is 5.82 Å². The second-order valence-corrected chi connectivity index (χ2v) is 6.80. The molecule has 0 heterocycles. The van der Waals surface area contributed by atoms with Crippen molar-refractivity contribution >= 4 is 12.2 Å². The molecule has 1 unspecified atom stereocenters. The third-order valence-corrected chi connectivity index (χ3v) is 4.71. The average Bonchev–Trinajstić information content (AvgIpc) is 2.72. The highest BCUT2D eigenvalue weighted by atomic mass is 19.2. The lowest BCUT2D eigenvalue weighted by Gasteiger charge is -2.10. The molecule has 0 aliphatic heterocycles. The molecule has 0 aliphatic rings. The van der Waals surface area contributed by atoms with Crippen molar-refractivity contribution in [2.75, 3.05) is 0 Å². The van der Waals surface area contributed by atoms with Crippen LogP contribution in [0.3, 0.4) is 0 Å². The summed E-state index contributed by atoms with van der Waals surface area (Å²) < 4.78 is 41.8. The second-order valence-electron chi connectivity index (χ2n) is 6.80. The topological polar surface area (TPSA) is 40.5 Å². The van der Waals surface area contributed by atoms with Crippen molar-refractivity contribution in [2.24, 2.45) is 0 Å². The van der Waals surface area contributed by atoms with Crippen LogP contribution in [0.15, 0.2) is 54.6 Å². The Kier molecular flexibility index (Phi) is 6.39. The standard InChI is InChI=1S/C24H21F3O2/c1-2-3-21(28)18-11-10-17(20(25)14-18)9-6-15-4-7-16(8-5-15)19-12-13-22(29)24(27)23(19)26/h4-14,21,28-29H,2-3H2,1H3/b9-6+. The van der Waals surface area contributed by atoms with Crippen LogP contribution in [0.2, 0.25) is 0 Å². The molecule has 0 bridgehead atoms. The molecule has 0 aromatic heterocycles. The summed E-state index contributed by atoms with van der Waals surface area (Å²) in [6.45, 7) is 1.95. The van der Waals surface area contributed by atoms with Crippen LogP contribution >= 0.6 is 0 Å². The van der Waals surface area contributed by atoms with E-state index in [1.807, 2.05) is 6.92 Å². The summed E-state index contributed by atoms with van der Waals surface area (Å²) in [5, 5.41) is 19.2. The molecule has 0 saturated carbocycles. The van der Waals surface area contributed by atoms with E-state index in [0.29, 0.717) is 23.1 Å². The Morgan fingerprint density at radius 1 is 0.897 bits per heavy atom. The van der Waals surface area contributed by atoms with Gasteiger partial charge in [0.15, 0.2) is 11.6 Å². The van der Waals surface area contributed by atoms with Crippen LogP contribution in [-0.2, 0) is 0 Å². The Bertz CT molecular complexity index is 1030. The van der Waals surface area contributed by atoms with Crippen molar-refractivity contribution in [3.63, 3.8) is 0 Å². The van der Waals surface area contributed by atoms with Crippen molar-refractivity contribution in [3.05, 3.63) is 88.7 Å². The van der Waals surface area contributed by atoms with Gasteiger partial charge >= 0.3 is 0 Å². The molecule has 2 nitrogen and oxygen atoms in total. The molecule has 0 aliphatic carbocycles. The predicted molar refractivity (Wildman–Crippen MR) is 109 cm³/mol. The minimum Gasteiger partial charge on any atom is -0.505 e. The fourth-order valence-electron chi connectivity index (χ4n) is 3.05. The normalized spacial score (nSPS) is 12.4. The number of aromatic hydroxyl groups is 1. The Morgan fingerprint density at radius 3 is 2.28 bits per heavy atom. The lowest BCUT2D eigenvalue weighted by Crippen LogP contribution is -1.98. The summed E-state index contributed by atoms with van der Waals surface area (Å²) >= 11 is 0. The van der Waals surface area contributed by atoms with Gasteiger partial charge in [-0.3, -0.25) is 0 Å². The van der Waals surface area contributed by atoms with Gasteiger partial charge < -0.3 is 10.2 Å². The Balaban J connectivity index is 1.78. The molecular weight excluding hydrogens is 377 g/mol. The second kappa shape index (κ2) is 8.97. The molecule has 29 heavy (non-hydrogen) atoms. The minimum atomic E-state index is -1.28. The van der Waals surface area contributed by atoms with Gasteiger partial charge in [-0.1, -0.05) is 61.9 Å². The van der Waals surface area contributed by atoms with Gasteiger partial charge in [0.05, 0.1) is 6.10 Å². The number of phenolic OH excluding ortho intramolecular Hbond substituents is 1. The van der Waals surface area contributed by atoms with Gasteiger partial charge in [-0.15, -0.1) is 0 Å². The molecule has 0 fully saturated rings. The highest BCUT2D eigenvalue weighted by molar-refractivity contribution is 5.72. The summed E-state index contributed by atoms with van der Waals surface area (Å²) in [5.74, 6) is -3.55. The molecule has 0 spiro atoms. The zero-order valence-electron chi connectivity index (χ0n) is 15.9. The van der Waals surface area contributed by atoms with Gasteiger partial charge in [0, 0.05) is 11.1 Å². The molecule has 0 saturated heterocycles. The third kappa shape index (κ3) is 4.69. The van der Waals surface area contributed by atoms with E-state index in [1.165, 1.54) is 12.1 Å². The quantitative estimate of drug-likeness (QED) is 0.467. The van der Waals surface area contributed by atoms with Gasteiger partial charge in [-0.25, -0.2) is 8.78 Å². The lowest BCUT2D eigenvalue weighted by molar-refractivity contribution is 0.166. The molecule has 0 amide bonds. The van der Waals surface area contributed by atoms with Crippen LogP contribution in [-0.4, -0.2) is 10.2 Å². The molecular formula is C24H21F3O2. The number of hydrogen-bond donors (Lipinski definition) is 2. The van der Waals surface area contributed by atoms with Crippen LogP contribution in [0, 0.1) is 17.5 Å². The predicted octanol–water partition coefficient (Wildman–Crippen LogP) is 6.48. The smallest absolute Gasteiger partial charge is 0.200 e. The van der Waals surface area contributed by atoms with Crippen molar-refractivity contribution in [3.8, 4) is 16.9 Å². The first-order valence-electron chi connectivity index (χ1n) is 9.33. The van der Waals surface area contributed by atoms with E-state index in [1.54, 1.807) is 48.6 Å². The van der Waals surface area contributed by atoms with E-state index in [0.717, 1.165) is 18.1 Å². The van der Waals surface area contributed by atoms with E-state index in [-0.39, 0.29) is 5.56 Å². The average molecular weight is 398 g/mol. The third-order valence-electron chi connectivity index (χ3n) is 4.71. The summed E-state index contributed by atoms with van der Waals surface area (Å²) in [4.78, 5) is 0. The fourth-order valence-corrected chi connectivity index (χ4v) is 3.05. The SMILES string of the molecule is CCCC(O)c1ccc(/C=C/c2ccc(-c3ccc(O)c(F)c3F)cc2)c(F)c1. The van der Waals surface area contributed by atoms with Crippen LogP contribution in [0.5, 0.6) is 5.75 Å². The molecule has 3 aromatic carbocycles. The molecule has 5 heteroatoms. The van der Waals surface area contributed by atoms with E-state index < -0.39 is 29.3 Å². The Hall–Kier alpha value is -3.05. The zero-order chi connectivity index (χ0) is 21.0. The van der Waals surface area contributed by atoms with E-state index in [9.17, 15) is 23.4 Å². The van der Waals surface area contributed by atoms with Crippen LogP contribution in [0.1, 0.15) is 42.6 Å². The first-order chi connectivity index (χ1) is 13.9. The molecule has 2 N–H and O–H groups in total. The van der Waals surface area contributed by atoms with Gasteiger partial charge in [-0.2, -0.15) is 4.39 Å². The number of phenols is 1. The zero-order valence-corrected chi connectivity index (χ0v) is 15.9. The fraction of sp³-hybridized carbons (Fsp3) is 0.167. The molecule has 0 radical (unpaired) electrons. The van der Waals surface area contributed by atoms with Gasteiger partial charge in [0.25, 0.3) is 0 Å². The van der Waals surface area contributed by atoms with Crippen molar-refractivity contribution in [1.29, 1.82) is 0 Å². The number of aliphatic hydroxyl groups excluding tert-OH is 1. The first-order valence-corrected chi connectivity index (χ1v) is 9.33. The summed E-state index contributed by atoms with van der Waals surface area (Å²) in [7, 11) is 0. The largest absolute Gasteiger partial charge is 0.505 e. The summed E-state index contributed by atoms with van der Waals surface area (Å²) in [6.07, 6.45) is 4.03. The molecule has 1 atom stereocenters. The van der Waals surface area contributed by atoms with Crippen LogP contribution in [0.4, 0.5) is 13.2 Å². The van der Waals surface area contributed by atoms with Crippen molar-refractivity contribution < 1.29 is 23.4 Å². The molecule has 150 valence electrons. The maximum Gasteiger partial charge on any atom is 0.200 e. The number of halogens is 3. The number of aliphatic hydroxyl groups is 1. The number of hydrogen-bond acceptors (Lipinski definition) is 2. The Morgan fingerprint density at radius 2 is 1.62 bits per heavy atom. The number of benzene rings is 3. The van der Waals surface area contributed by atoms with Gasteiger partial charge in [-0.05, 0) is 41.3 Å². The van der Waals surface area contributed by atoms with Crippen molar-refractivity contribution in [1.82, 2.24) is 0 Å². The number of rotatable bonds is 6. The molecule has 3 rings (SSSR count). The maximum atomic E-state index is 14.3.